The smallest absolute Gasteiger partial charge is 0.262 e. The van der Waals surface area contributed by atoms with E-state index in [-0.39, 0.29) is 17.5 Å². The minimum absolute atomic E-state index is 0.0828. The van der Waals surface area contributed by atoms with E-state index in [4.69, 9.17) is 12.2 Å². The predicted octanol–water partition coefficient (Wildman–Crippen LogP) is 5.50. The fourth-order valence-electron chi connectivity index (χ4n) is 5.02. The molecule has 0 spiro atoms. The highest BCUT2D eigenvalue weighted by Crippen LogP contribution is 2.29. The lowest BCUT2D eigenvalue weighted by atomic mass is 9.78. The number of carbonyl (C=O) groups excluding carboxylic acids is 1. The molecule has 1 amide bonds. The van der Waals surface area contributed by atoms with Crippen LogP contribution in [-0.4, -0.2) is 21.5 Å². The van der Waals surface area contributed by atoms with Crippen LogP contribution in [0.15, 0.2) is 34.6 Å². The number of hydrogen-bond donors (Lipinski definition) is 2. The highest BCUT2D eigenvalue weighted by molar-refractivity contribution is 7.71. The summed E-state index contributed by atoms with van der Waals surface area (Å²) in [5.74, 6) is 1.01. The maximum Gasteiger partial charge on any atom is 0.262 e. The Balaban J connectivity index is 1.54. The van der Waals surface area contributed by atoms with Crippen LogP contribution in [0.2, 0.25) is 0 Å². The van der Waals surface area contributed by atoms with E-state index in [1.807, 2.05) is 0 Å². The zero-order valence-corrected chi connectivity index (χ0v) is 19.4. The summed E-state index contributed by atoms with van der Waals surface area (Å²) in [7, 11) is 0. The third-order valence-electron chi connectivity index (χ3n) is 7.31. The van der Waals surface area contributed by atoms with Gasteiger partial charge in [0.25, 0.3) is 11.5 Å². The van der Waals surface area contributed by atoms with Gasteiger partial charge in [-0.15, -0.1) is 0 Å². The largest absolute Gasteiger partial charge is 0.349 e. The zero-order valence-electron chi connectivity index (χ0n) is 18.6. The maximum atomic E-state index is 13.1. The molecule has 6 heteroatoms. The van der Waals surface area contributed by atoms with Gasteiger partial charge in [-0.2, -0.15) is 0 Å². The van der Waals surface area contributed by atoms with Gasteiger partial charge in [-0.3, -0.25) is 14.2 Å². The van der Waals surface area contributed by atoms with E-state index >= 15 is 0 Å². The lowest BCUT2D eigenvalue weighted by molar-refractivity contribution is 0.0891. The molecule has 0 unspecified atom stereocenters. The molecule has 4 rings (SSSR count). The van der Waals surface area contributed by atoms with E-state index in [2.05, 4.69) is 30.2 Å². The number of benzene rings is 1. The van der Waals surface area contributed by atoms with Crippen molar-refractivity contribution in [3.8, 4) is 0 Å². The summed E-state index contributed by atoms with van der Waals surface area (Å²) in [5, 5.41) is 3.78. The molecular formula is C25H33N3O2S. The van der Waals surface area contributed by atoms with E-state index in [0.717, 1.165) is 32.1 Å². The summed E-state index contributed by atoms with van der Waals surface area (Å²) in [5.41, 5.74) is 2.52. The number of fused-ring (bicyclic) bond motifs is 1. The van der Waals surface area contributed by atoms with E-state index in [9.17, 15) is 9.59 Å². The first-order valence-electron chi connectivity index (χ1n) is 11.7. The molecule has 2 N–H and O–H groups in total. The van der Waals surface area contributed by atoms with Crippen LogP contribution in [0.4, 0.5) is 0 Å². The molecule has 1 fully saturated rings. The first kappa shape index (κ1) is 22.0. The molecule has 1 aromatic heterocycles. The van der Waals surface area contributed by atoms with Crippen molar-refractivity contribution in [3.05, 3.63) is 50.5 Å². The van der Waals surface area contributed by atoms with Crippen molar-refractivity contribution in [2.24, 2.45) is 11.8 Å². The minimum atomic E-state index is -0.0863. The van der Waals surface area contributed by atoms with Crippen molar-refractivity contribution in [1.29, 1.82) is 0 Å². The average Bonchev–Trinajstić information content (AvgIpc) is 2.77. The van der Waals surface area contributed by atoms with Gasteiger partial charge in [-0.1, -0.05) is 38.3 Å². The Hall–Kier alpha value is -2.21. The minimum Gasteiger partial charge on any atom is -0.349 e. The number of aromatic nitrogens is 2. The summed E-state index contributed by atoms with van der Waals surface area (Å²) in [6, 6.07) is 5.46. The third kappa shape index (κ3) is 4.84. The lowest BCUT2D eigenvalue weighted by Gasteiger charge is -2.34. The van der Waals surface area contributed by atoms with Crippen molar-refractivity contribution < 1.29 is 4.79 Å². The van der Waals surface area contributed by atoms with Crippen molar-refractivity contribution >= 4 is 29.0 Å². The molecule has 1 heterocycles. The van der Waals surface area contributed by atoms with Crippen LogP contribution in [-0.2, 0) is 6.54 Å². The van der Waals surface area contributed by atoms with Crippen molar-refractivity contribution in [3.63, 3.8) is 0 Å². The zero-order chi connectivity index (χ0) is 22.0. The van der Waals surface area contributed by atoms with Gasteiger partial charge in [-0.05, 0) is 80.8 Å². The van der Waals surface area contributed by atoms with Gasteiger partial charge in [-0.25, -0.2) is 0 Å². The molecule has 0 saturated heterocycles. The quantitative estimate of drug-likeness (QED) is 0.477. The van der Waals surface area contributed by atoms with Gasteiger partial charge in [0, 0.05) is 18.2 Å². The fraction of sp³-hybridized carbons (Fsp3) is 0.560. The van der Waals surface area contributed by atoms with Crippen molar-refractivity contribution in [2.45, 2.75) is 77.8 Å². The van der Waals surface area contributed by atoms with Crippen LogP contribution in [0.1, 0.15) is 75.6 Å². The Kier molecular flexibility index (Phi) is 6.75. The van der Waals surface area contributed by atoms with Crippen LogP contribution < -0.4 is 10.9 Å². The van der Waals surface area contributed by atoms with Crippen LogP contribution in [0.25, 0.3) is 10.9 Å². The van der Waals surface area contributed by atoms with Crippen molar-refractivity contribution in [1.82, 2.24) is 14.9 Å². The van der Waals surface area contributed by atoms with Gasteiger partial charge in [0.05, 0.1) is 10.9 Å². The molecular weight excluding hydrogens is 406 g/mol. The predicted molar refractivity (Wildman–Crippen MR) is 128 cm³/mol. The van der Waals surface area contributed by atoms with Gasteiger partial charge in [0.1, 0.15) is 0 Å². The molecule has 31 heavy (non-hydrogen) atoms. The highest BCUT2D eigenvalue weighted by Gasteiger charge is 2.28. The average molecular weight is 440 g/mol. The van der Waals surface area contributed by atoms with Crippen LogP contribution in [0, 0.1) is 16.6 Å². The lowest BCUT2D eigenvalue weighted by Crippen LogP contribution is -2.43. The SMILES string of the molecule is C[C@@H]1[C@H](C)CCC[C@H]1NC(=O)c1ccc2c(=O)n(CCC3=CCCCC3)c(=S)[nH]c2c1. The number of amides is 1. The second kappa shape index (κ2) is 9.51. The summed E-state index contributed by atoms with van der Waals surface area (Å²) >= 11 is 5.49. The first-order valence-corrected chi connectivity index (χ1v) is 12.1. The normalized spacial score (nSPS) is 24.1. The Morgan fingerprint density at radius 3 is 2.84 bits per heavy atom. The third-order valence-corrected chi connectivity index (χ3v) is 7.63. The summed E-state index contributed by atoms with van der Waals surface area (Å²) < 4.78 is 2.07. The van der Waals surface area contributed by atoms with Gasteiger partial charge in [0.15, 0.2) is 4.77 Å². The standard InChI is InChI=1S/C25H33N3O2S/c1-16-7-6-10-21(17(16)2)26-23(29)19-11-12-20-22(15-19)27-25(31)28(24(20)30)14-13-18-8-4-3-5-9-18/h8,11-12,15-17,21H,3-7,9-10,13-14H2,1-2H3,(H,26,29)(H,27,31)/t16-,17-,21-/m1/s1. The number of hydrogen-bond acceptors (Lipinski definition) is 3. The van der Waals surface area contributed by atoms with Gasteiger partial charge in [0.2, 0.25) is 0 Å². The van der Waals surface area contributed by atoms with Gasteiger partial charge < -0.3 is 10.3 Å². The number of H-pyrrole nitrogens is 1. The topological polar surface area (TPSA) is 66.9 Å². The molecule has 3 atom stereocenters. The Bertz CT molecular complexity index is 1110. The maximum absolute atomic E-state index is 13.1. The summed E-state index contributed by atoms with van der Waals surface area (Å²) in [4.78, 5) is 29.1. The highest BCUT2D eigenvalue weighted by atomic mass is 32.1. The van der Waals surface area contributed by atoms with Gasteiger partial charge >= 0.3 is 0 Å². The molecule has 0 aliphatic heterocycles. The number of nitrogens with one attached hydrogen (secondary N) is 2. The molecule has 5 nitrogen and oxygen atoms in total. The van der Waals surface area contributed by atoms with E-state index < -0.39 is 0 Å². The molecule has 1 saturated carbocycles. The second-order valence-corrected chi connectivity index (χ2v) is 9.74. The summed E-state index contributed by atoms with van der Waals surface area (Å²) in [6.45, 7) is 5.07. The Morgan fingerprint density at radius 1 is 1.23 bits per heavy atom. The number of rotatable bonds is 5. The number of nitrogens with zero attached hydrogens (tertiary/aromatic N) is 1. The van der Waals surface area contributed by atoms with Crippen LogP contribution in [0.3, 0.4) is 0 Å². The van der Waals surface area contributed by atoms with Crippen LogP contribution >= 0.6 is 12.2 Å². The molecule has 2 aromatic rings. The second-order valence-electron chi connectivity index (χ2n) is 9.35. The number of allylic oxidation sites excluding steroid dienone is 2. The number of aromatic amines is 1. The van der Waals surface area contributed by atoms with E-state index in [0.29, 0.717) is 39.6 Å². The Morgan fingerprint density at radius 2 is 2.06 bits per heavy atom. The molecule has 2 aliphatic rings. The molecule has 0 radical (unpaired) electrons. The van der Waals surface area contributed by atoms with E-state index in [1.165, 1.54) is 24.8 Å². The monoisotopic (exact) mass is 439 g/mol. The molecule has 1 aromatic carbocycles. The first-order chi connectivity index (χ1) is 14.9. The summed E-state index contributed by atoms with van der Waals surface area (Å²) in [6.07, 6.45) is 11.3. The fourth-order valence-corrected chi connectivity index (χ4v) is 5.31. The molecule has 2 aliphatic carbocycles. The van der Waals surface area contributed by atoms with Crippen molar-refractivity contribution in [2.75, 3.05) is 0 Å². The number of carbonyl (C=O) groups is 1. The van der Waals surface area contributed by atoms with E-state index in [1.54, 1.807) is 22.8 Å². The van der Waals surface area contributed by atoms with Crippen LogP contribution in [0.5, 0.6) is 0 Å². The Labute approximate surface area is 188 Å². The molecule has 166 valence electrons. The molecule has 0 bridgehead atoms.